The summed E-state index contributed by atoms with van der Waals surface area (Å²) < 4.78 is 40.1. The number of aliphatic imine (C=N–C) groups is 1. The molecule has 1 aromatic carbocycles. The maximum Gasteiger partial charge on any atom is 0.191 e. The van der Waals surface area contributed by atoms with Gasteiger partial charge < -0.3 is 10.6 Å². The maximum atomic E-state index is 13.7. The molecule has 0 unspecified atom stereocenters. The van der Waals surface area contributed by atoms with Gasteiger partial charge in [-0.2, -0.15) is 5.10 Å². The van der Waals surface area contributed by atoms with Crippen LogP contribution < -0.4 is 10.6 Å². The molecule has 1 heterocycles. The fourth-order valence-corrected chi connectivity index (χ4v) is 3.91. The molecule has 0 fully saturated rings. The zero-order valence-corrected chi connectivity index (χ0v) is 16.7. The fraction of sp³-hybridized carbons (Fsp3) is 0.444. The lowest BCUT2D eigenvalue weighted by Crippen LogP contribution is -2.40. The van der Waals surface area contributed by atoms with Crippen molar-refractivity contribution in [2.24, 2.45) is 4.99 Å². The first kappa shape index (κ1) is 20.9. The minimum atomic E-state index is -3.69. The molecule has 0 saturated heterocycles. The molecular weight excluding hydrogens is 369 g/mol. The van der Waals surface area contributed by atoms with Gasteiger partial charge in [-0.15, -0.1) is 0 Å². The van der Waals surface area contributed by atoms with E-state index in [-0.39, 0.29) is 17.2 Å². The molecule has 9 heteroatoms. The molecule has 0 bridgehead atoms. The highest BCUT2D eigenvalue weighted by Crippen LogP contribution is 2.14. The topological polar surface area (TPSA) is 88.4 Å². The Kier molecular flexibility index (Phi) is 7.35. The molecule has 2 aromatic rings. The second-order valence-corrected chi connectivity index (χ2v) is 8.26. The van der Waals surface area contributed by atoms with Crippen molar-refractivity contribution < 1.29 is 12.8 Å². The summed E-state index contributed by atoms with van der Waals surface area (Å²) in [5.41, 5.74) is 2.11. The van der Waals surface area contributed by atoms with E-state index < -0.39 is 15.7 Å². The van der Waals surface area contributed by atoms with Crippen LogP contribution in [0, 0.1) is 19.7 Å². The molecule has 2 rings (SSSR count). The first-order valence-electron chi connectivity index (χ1n) is 8.76. The molecule has 1 aromatic heterocycles. The van der Waals surface area contributed by atoms with Crippen LogP contribution >= 0.6 is 0 Å². The average molecular weight is 396 g/mol. The second kappa shape index (κ2) is 9.50. The third-order valence-corrected chi connectivity index (χ3v) is 5.74. The molecule has 0 aliphatic rings. The summed E-state index contributed by atoms with van der Waals surface area (Å²) in [5.74, 6) is -0.448. The molecule has 0 aliphatic heterocycles. The Bertz CT molecular complexity index is 893. The maximum absolute atomic E-state index is 13.7. The number of benzene rings is 1. The molecule has 0 radical (unpaired) electrons. The number of rotatable bonds is 8. The minimum Gasteiger partial charge on any atom is -0.356 e. The highest BCUT2D eigenvalue weighted by Gasteiger charge is 2.18. The quantitative estimate of drug-likeness (QED) is 0.403. The van der Waals surface area contributed by atoms with Gasteiger partial charge >= 0.3 is 0 Å². The van der Waals surface area contributed by atoms with E-state index in [1.54, 1.807) is 7.05 Å². The van der Waals surface area contributed by atoms with E-state index in [9.17, 15) is 12.8 Å². The van der Waals surface area contributed by atoms with Gasteiger partial charge in [0.05, 0.1) is 11.4 Å². The van der Waals surface area contributed by atoms with Crippen LogP contribution in [0.25, 0.3) is 0 Å². The lowest BCUT2D eigenvalue weighted by atomic mass is 10.3. The second-order valence-electron chi connectivity index (χ2n) is 6.18. The number of nitrogens with zero attached hydrogens (tertiary/aromatic N) is 3. The van der Waals surface area contributed by atoms with Crippen molar-refractivity contribution in [3.05, 3.63) is 47.5 Å². The SMILES string of the molecule is CN=C(NCCCn1nc(C)cc1C)NCCS(=O)(=O)c1ccccc1F. The van der Waals surface area contributed by atoms with E-state index in [2.05, 4.69) is 20.7 Å². The summed E-state index contributed by atoms with van der Waals surface area (Å²) in [6.07, 6.45) is 0.843. The summed E-state index contributed by atoms with van der Waals surface area (Å²) in [5, 5.41) is 10.5. The summed E-state index contributed by atoms with van der Waals surface area (Å²) >= 11 is 0. The average Bonchev–Trinajstić information content (AvgIpc) is 2.94. The monoisotopic (exact) mass is 395 g/mol. The van der Waals surface area contributed by atoms with Gasteiger partial charge in [0, 0.05) is 32.4 Å². The third-order valence-electron chi connectivity index (χ3n) is 4.00. The molecule has 148 valence electrons. The number of hydrogen-bond donors (Lipinski definition) is 2. The molecule has 7 nitrogen and oxygen atoms in total. The molecule has 0 saturated carbocycles. The van der Waals surface area contributed by atoms with E-state index in [1.807, 2.05) is 24.6 Å². The number of aryl methyl sites for hydroxylation is 3. The largest absolute Gasteiger partial charge is 0.356 e. The lowest BCUT2D eigenvalue weighted by Gasteiger charge is -2.12. The van der Waals surface area contributed by atoms with Crippen molar-refractivity contribution >= 4 is 15.8 Å². The van der Waals surface area contributed by atoms with Gasteiger partial charge in [-0.05, 0) is 38.5 Å². The third kappa shape index (κ3) is 6.06. The first-order valence-corrected chi connectivity index (χ1v) is 10.4. The molecule has 2 N–H and O–H groups in total. The number of halogens is 1. The van der Waals surface area contributed by atoms with Crippen molar-refractivity contribution in [2.45, 2.75) is 31.7 Å². The van der Waals surface area contributed by atoms with Crippen LogP contribution in [0.4, 0.5) is 4.39 Å². The molecular formula is C18H26FN5O2S. The Labute approximate surface area is 159 Å². The highest BCUT2D eigenvalue weighted by molar-refractivity contribution is 7.91. The normalized spacial score (nSPS) is 12.2. The van der Waals surface area contributed by atoms with Crippen molar-refractivity contribution in [3.63, 3.8) is 0 Å². The number of guanidine groups is 1. The van der Waals surface area contributed by atoms with Crippen LogP contribution in [0.1, 0.15) is 17.8 Å². The zero-order valence-electron chi connectivity index (χ0n) is 15.9. The van der Waals surface area contributed by atoms with Gasteiger partial charge in [0.1, 0.15) is 10.7 Å². The summed E-state index contributed by atoms with van der Waals surface area (Å²) in [4.78, 5) is 3.79. The molecule has 0 spiro atoms. The van der Waals surface area contributed by atoms with Gasteiger partial charge in [-0.1, -0.05) is 12.1 Å². The van der Waals surface area contributed by atoms with E-state index in [4.69, 9.17) is 0 Å². The van der Waals surface area contributed by atoms with E-state index in [1.165, 1.54) is 18.2 Å². The number of hydrogen-bond acceptors (Lipinski definition) is 4. The van der Waals surface area contributed by atoms with Crippen LogP contribution in [0.5, 0.6) is 0 Å². The van der Waals surface area contributed by atoms with Crippen molar-refractivity contribution in [2.75, 3.05) is 25.9 Å². The highest BCUT2D eigenvalue weighted by atomic mass is 32.2. The van der Waals surface area contributed by atoms with E-state index >= 15 is 0 Å². The zero-order chi connectivity index (χ0) is 19.9. The van der Waals surface area contributed by atoms with Crippen LogP contribution in [-0.4, -0.2) is 50.0 Å². The summed E-state index contributed by atoms with van der Waals surface area (Å²) in [6.45, 7) is 5.56. The smallest absolute Gasteiger partial charge is 0.191 e. The number of sulfone groups is 1. The Morgan fingerprint density at radius 1 is 1.22 bits per heavy atom. The predicted molar refractivity (Wildman–Crippen MR) is 104 cm³/mol. The fourth-order valence-electron chi connectivity index (χ4n) is 2.67. The number of aromatic nitrogens is 2. The van der Waals surface area contributed by atoms with Crippen LogP contribution in [0.3, 0.4) is 0 Å². The van der Waals surface area contributed by atoms with E-state index in [0.717, 1.165) is 30.4 Å². The van der Waals surface area contributed by atoms with Crippen LogP contribution in [0.2, 0.25) is 0 Å². The van der Waals surface area contributed by atoms with Gasteiger partial charge in [-0.3, -0.25) is 9.67 Å². The van der Waals surface area contributed by atoms with Crippen molar-refractivity contribution in [1.29, 1.82) is 0 Å². The standard InChI is InChI=1S/C18H26FN5O2S/c1-14-13-15(2)24(23-14)11-6-9-21-18(20-3)22-10-12-27(25,26)17-8-5-4-7-16(17)19/h4-5,7-8,13H,6,9-12H2,1-3H3,(H2,20,21,22). The molecule has 27 heavy (non-hydrogen) atoms. The Morgan fingerprint density at radius 2 is 1.93 bits per heavy atom. The summed E-state index contributed by atoms with van der Waals surface area (Å²) in [7, 11) is -2.08. The molecule has 0 amide bonds. The van der Waals surface area contributed by atoms with Crippen molar-refractivity contribution in [1.82, 2.24) is 20.4 Å². The molecule has 0 atom stereocenters. The predicted octanol–water partition coefficient (Wildman–Crippen LogP) is 1.67. The van der Waals surface area contributed by atoms with Gasteiger partial charge in [0.15, 0.2) is 15.8 Å². The van der Waals surface area contributed by atoms with E-state index in [0.29, 0.717) is 12.5 Å². The lowest BCUT2D eigenvalue weighted by molar-refractivity contribution is 0.555. The van der Waals surface area contributed by atoms with Gasteiger partial charge in [-0.25, -0.2) is 12.8 Å². The Morgan fingerprint density at radius 3 is 2.56 bits per heavy atom. The van der Waals surface area contributed by atoms with Crippen LogP contribution in [0.15, 0.2) is 40.2 Å². The minimum absolute atomic E-state index is 0.133. The number of nitrogens with one attached hydrogen (secondary N) is 2. The Hall–Kier alpha value is -2.42. The van der Waals surface area contributed by atoms with Crippen LogP contribution in [-0.2, 0) is 16.4 Å². The summed E-state index contributed by atoms with van der Waals surface area (Å²) in [6, 6.07) is 7.42. The van der Waals surface area contributed by atoms with Gasteiger partial charge in [0.25, 0.3) is 0 Å². The van der Waals surface area contributed by atoms with Gasteiger partial charge in [0.2, 0.25) is 0 Å². The molecule has 0 aliphatic carbocycles. The van der Waals surface area contributed by atoms with Crippen molar-refractivity contribution in [3.8, 4) is 0 Å². The first-order chi connectivity index (χ1) is 12.8. The Balaban J connectivity index is 1.75.